The van der Waals surface area contributed by atoms with Gasteiger partial charge in [0.15, 0.2) is 0 Å². The fourth-order valence-corrected chi connectivity index (χ4v) is 6.58. The molecule has 1 aromatic rings. The van der Waals surface area contributed by atoms with Crippen LogP contribution in [-0.4, -0.2) is 103 Å². The number of aliphatic hydroxyl groups is 1. The van der Waals surface area contributed by atoms with Gasteiger partial charge in [-0.15, -0.1) is 0 Å². The highest BCUT2D eigenvalue weighted by Crippen LogP contribution is 2.24. The van der Waals surface area contributed by atoms with Gasteiger partial charge in [-0.25, -0.2) is 0 Å². The van der Waals surface area contributed by atoms with Gasteiger partial charge in [0.2, 0.25) is 23.6 Å². The third kappa shape index (κ3) is 16.3. The minimum Gasteiger partial charge on any atom is -0.480 e. The normalized spacial score (nSPS) is 16.7. The molecule has 50 heavy (non-hydrogen) atoms. The summed E-state index contributed by atoms with van der Waals surface area (Å²) in [5, 5.41) is 38.7. The molecule has 4 amide bonds. The summed E-state index contributed by atoms with van der Waals surface area (Å²) in [7, 11) is 0. The number of amides is 4. The van der Waals surface area contributed by atoms with E-state index in [1.165, 1.54) is 38.5 Å². The van der Waals surface area contributed by atoms with Crippen LogP contribution in [0.5, 0.6) is 0 Å². The number of anilines is 1. The molecule has 14 heteroatoms. The van der Waals surface area contributed by atoms with Crippen molar-refractivity contribution in [2.24, 2.45) is 5.92 Å². The number of rotatable bonds is 25. The summed E-state index contributed by atoms with van der Waals surface area (Å²) >= 11 is 0. The number of aliphatic hydroxyl groups excluding tert-OH is 1. The summed E-state index contributed by atoms with van der Waals surface area (Å²) in [6.07, 6.45) is 13.9. The molecule has 2 fully saturated rings. The number of aliphatic carboxylic acids is 1. The molecule has 2 aliphatic rings. The van der Waals surface area contributed by atoms with Gasteiger partial charge in [-0.1, -0.05) is 50.3 Å². The predicted molar refractivity (Wildman–Crippen MR) is 191 cm³/mol. The highest BCUT2D eigenvalue weighted by Gasteiger charge is 2.27. The molecular formula is C36H59N7O7. The quantitative estimate of drug-likeness (QED) is 0.0670. The van der Waals surface area contributed by atoms with Crippen molar-refractivity contribution in [3.05, 3.63) is 30.3 Å². The number of hydrogen-bond donors (Lipinski definition) is 9. The summed E-state index contributed by atoms with van der Waals surface area (Å²) in [4.78, 5) is 62.6. The molecule has 3 unspecified atom stereocenters. The van der Waals surface area contributed by atoms with Crippen molar-refractivity contribution >= 4 is 35.3 Å². The lowest BCUT2D eigenvalue weighted by atomic mass is 10.0. The van der Waals surface area contributed by atoms with Gasteiger partial charge in [0, 0.05) is 18.3 Å². The van der Waals surface area contributed by atoms with E-state index in [2.05, 4.69) is 37.2 Å². The van der Waals surface area contributed by atoms with Crippen LogP contribution >= 0.6 is 0 Å². The number of hydrogen-bond acceptors (Lipinski definition) is 9. The zero-order valence-electron chi connectivity index (χ0n) is 29.4. The number of carbonyl (C=O) groups is 5. The molecule has 1 aromatic carbocycles. The number of nitrogens with one attached hydrogen (secondary N) is 7. The molecule has 0 spiro atoms. The van der Waals surface area contributed by atoms with E-state index in [-0.39, 0.29) is 5.91 Å². The SMILES string of the molecule is O=C(O)CNC(=O)C(CO)NC(=O)CNC(=O)C(CCCCNc1ccccc1)NC(=O)C(CCCCNC1CCCC1)NCC1CCCC1. The van der Waals surface area contributed by atoms with Crippen LogP contribution in [0, 0.1) is 5.92 Å². The van der Waals surface area contributed by atoms with Gasteiger partial charge in [-0.05, 0) is 88.9 Å². The Hall–Kier alpha value is -3.75. The van der Waals surface area contributed by atoms with E-state index in [4.69, 9.17) is 5.11 Å². The maximum Gasteiger partial charge on any atom is 0.322 e. The van der Waals surface area contributed by atoms with E-state index in [1.807, 2.05) is 30.3 Å². The van der Waals surface area contributed by atoms with Crippen LogP contribution in [0.1, 0.15) is 89.9 Å². The second-order valence-electron chi connectivity index (χ2n) is 13.5. The molecule has 3 atom stereocenters. The van der Waals surface area contributed by atoms with Crippen LogP contribution in [0.2, 0.25) is 0 Å². The zero-order valence-corrected chi connectivity index (χ0v) is 29.4. The molecule has 0 bridgehead atoms. The van der Waals surface area contributed by atoms with Crippen LogP contribution < -0.4 is 37.2 Å². The first kappa shape index (κ1) is 40.7. The number of carboxylic acids is 1. The lowest BCUT2D eigenvalue weighted by Gasteiger charge is -2.25. The molecule has 0 radical (unpaired) electrons. The van der Waals surface area contributed by atoms with Gasteiger partial charge in [-0.2, -0.15) is 0 Å². The van der Waals surface area contributed by atoms with Crippen LogP contribution in [-0.2, 0) is 24.0 Å². The maximum atomic E-state index is 13.7. The van der Waals surface area contributed by atoms with Crippen molar-refractivity contribution in [1.82, 2.24) is 31.9 Å². The van der Waals surface area contributed by atoms with E-state index in [9.17, 15) is 29.1 Å². The van der Waals surface area contributed by atoms with Gasteiger partial charge < -0.3 is 47.4 Å². The highest BCUT2D eigenvalue weighted by molar-refractivity contribution is 5.93. The molecule has 2 saturated carbocycles. The van der Waals surface area contributed by atoms with E-state index < -0.39 is 61.5 Å². The Balaban J connectivity index is 1.56. The number of carbonyl (C=O) groups excluding carboxylic acids is 4. The Morgan fingerprint density at radius 2 is 1.32 bits per heavy atom. The standard InChI is InChI=1S/C36H59N7O7/c44-25-31(35(49)41-24-33(46)47)42-32(45)23-40-34(48)30(19-9-11-21-37-27-14-2-1-3-15-27)43-36(50)29(39-22-26-12-4-5-13-26)18-8-10-20-38-28-16-6-7-17-28/h1-3,14-15,26,28-31,37-39,44H,4-13,16-25H2,(H,40,48)(H,41,49)(H,42,45)(H,43,50)(H,46,47). The Morgan fingerprint density at radius 3 is 2.00 bits per heavy atom. The van der Waals surface area contributed by atoms with Crippen molar-refractivity contribution in [1.29, 1.82) is 0 Å². The summed E-state index contributed by atoms with van der Waals surface area (Å²) < 4.78 is 0. The molecule has 2 aliphatic carbocycles. The zero-order chi connectivity index (χ0) is 36.0. The Morgan fingerprint density at radius 1 is 0.700 bits per heavy atom. The molecule has 14 nitrogen and oxygen atoms in total. The first-order valence-electron chi connectivity index (χ1n) is 18.5. The van der Waals surface area contributed by atoms with Crippen LogP contribution in [0.25, 0.3) is 0 Å². The molecule has 0 aromatic heterocycles. The summed E-state index contributed by atoms with van der Waals surface area (Å²) in [6.45, 7) is 0.435. The van der Waals surface area contributed by atoms with E-state index >= 15 is 0 Å². The molecule has 9 N–H and O–H groups in total. The van der Waals surface area contributed by atoms with E-state index in [0.717, 1.165) is 50.9 Å². The Kier molecular flexibility index (Phi) is 19.2. The molecular weight excluding hydrogens is 642 g/mol. The van der Waals surface area contributed by atoms with Crippen molar-refractivity contribution in [2.75, 3.05) is 44.6 Å². The number of carboxylic acid groups (broad SMARTS) is 1. The van der Waals surface area contributed by atoms with Gasteiger partial charge in [0.25, 0.3) is 0 Å². The predicted octanol–water partition coefficient (Wildman–Crippen LogP) is 1.40. The van der Waals surface area contributed by atoms with Crippen molar-refractivity contribution in [2.45, 2.75) is 114 Å². The summed E-state index contributed by atoms with van der Waals surface area (Å²) in [5.41, 5.74) is 0.994. The summed E-state index contributed by atoms with van der Waals surface area (Å²) in [5.74, 6) is -3.12. The largest absolute Gasteiger partial charge is 0.480 e. The highest BCUT2D eigenvalue weighted by atomic mass is 16.4. The average Bonchev–Trinajstić information content (AvgIpc) is 3.84. The third-order valence-corrected chi connectivity index (χ3v) is 9.48. The Bertz CT molecular complexity index is 1180. The van der Waals surface area contributed by atoms with Crippen LogP contribution in [0.3, 0.4) is 0 Å². The fraction of sp³-hybridized carbons (Fsp3) is 0.694. The number of benzene rings is 1. The van der Waals surface area contributed by atoms with Crippen molar-refractivity contribution < 1.29 is 34.2 Å². The van der Waals surface area contributed by atoms with Crippen LogP contribution in [0.4, 0.5) is 5.69 Å². The molecule has 0 aliphatic heterocycles. The third-order valence-electron chi connectivity index (χ3n) is 9.48. The number of unbranched alkanes of at least 4 members (excludes halogenated alkanes) is 2. The first-order valence-corrected chi connectivity index (χ1v) is 18.5. The minimum atomic E-state index is -1.38. The first-order chi connectivity index (χ1) is 24.2. The van der Waals surface area contributed by atoms with Crippen molar-refractivity contribution in [3.8, 4) is 0 Å². The fourth-order valence-electron chi connectivity index (χ4n) is 6.58. The Labute approximate surface area is 296 Å². The van der Waals surface area contributed by atoms with E-state index in [1.54, 1.807) is 0 Å². The second kappa shape index (κ2) is 23.6. The molecule has 3 rings (SSSR count). The monoisotopic (exact) mass is 701 g/mol. The van der Waals surface area contributed by atoms with Crippen LogP contribution in [0.15, 0.2) is 30.3 Å². The van der Waals surface area contributed by atoms with E-state index in [0.29, 0.717) is 37.8 Å². The minimum absolute atomic E-state index is 0.241. The van der Waals surface area contributed by atoms with Gasteiger partial charge in [-0.3, -0.25) is 24.0 Å². The summed E-state index contributed by atoms with van der Waals surface area (Å²) in [6, 6.07) is 7.66. The smallest absolute Gasteiger partial charge is 0.322 e. The lowest BCUT2D eigenvalue weighted by molar-refractivity contribution is -0.138. The second-order valence-corrected chi connectivity index (χ2v) is 13.5. The van der Waals surface area contributed by atoms with Gasteiger partial charge in [0.05, 0.1) is 19.2 Å². The average molecular weight is 702 g/mol. The maximum absolute atomic E-state index is 13.7. The molecule has 0 saturated heterocycles. The molecule has 280 valence electrons. The van der Waals surface area contributed by atoms with Gasteiger partial charge in [0.1, 0.15) is 18.6 Å². The van der Waals surface area contributed by atoms with Crippen molar-refractivity contribution in [3.63, 3.8) is 0 Å². The van der Waals surface area contributed by atoms with Gasteiger partial charge >= 0.3 is 5.97 Å². The topological polar surface area (TPSA) is 210 Å². The number of para-hydroxylation sites is 1. The lowest BCUT2D eigenvalue weighted by Crippen LogP contribution is -2.55. The molecule has 0 heterocycles.